The van der Waals surface area contributed by atoms with Crippen LogP contribution in [0.1, 0.15) is 55.2 Å². The molecule has 2 aromatic rings. The van der Waals surface area contributed by atoms with Gasteiger partial charge < -0.3 is 19.5 Å². The number of ketones is 1. The summed E-state index contributed by atoms with van der Waals surface area (Å²) in [7, 11) is 3.21. The first-order valence-corrected chi connectivity index (χ1v) is 11.6. The van der Waals surface area contributed by atoms with Crippen molar-refractivity contribution < 1.29 is 23.8 Å². The van der Waals surface area contributed by atoms with Crippen molar-refractivity contribution in [3.63, 3.8) is 0 Å². The van der Waals surface area contributed by atoms with E-state index in [0.717, 1.165) is 28.1 Å². The Morgan fingerprint density at radius 1 is 1.00 bits per heavy atom. The van der Waals surface area contributed by atoms with E-state index in [1.54, 1.807) is 21.1 Å². The Labute approximate surface area is 200 Å². The molecule has 6 heteroatoms. The van der Waals surface area contributed by atoms with Gasteiger partial charge in [-0.1, -0.05) is 35.9 Å². The molecule has 0 radical (unpaired) electrons. The summed E-state index contributed by atoms with van der Waals surface area (Å²) in [5.74, 6) is 0.487. The lowest BCUT2D eigenvalue weighted by atomic mass is 9.71. The zero-order valence-electron chi connectivity index (χ0n) is 20.4. The molecule has 0 unspecified atom stereocenters. The number of nitrogens with one attached hydrogen (secondary N) is 1. The maximum absolute atomic E-state index is 13.7. The predicted octanol–water partition coefficient (Wildman–Crippen LogP) is 4.94. The minimum atomic E-state index is -0.450. The molecule has 0 saturated heterocycles. The molecule has 0 bridgehead atoms. The van der Waals surface area contributed by atoms with Crippen molar-refractivity contribution in [2.75, 3.05) is 20.8 Å². The first-order chi connectivity index (χ1) is 16.4. The number of methoxy groups -OCH3 is 2. The average molecular weight is 462 g/mol. The molecule has 6 nitrogen and oxygen atoms in total. The van der Waals surface area contributed by atoms with Crippen molar-refractivity contribution in [2.45, 2.75) is 45.4 Å². The average Bonchev–Trinajstić information content (AvgIpc) is 2.82. The molecule has 1 aliphatic carbocycles. The van der Waals surface area contributed by atoms with E-state index in [1.165, 1.54) is 0 Å². The van der Waals surface area contributed by atoms with Gasteiger partial charge in [0.05, 0.1) is 26.4 Å². The summed E-state index contributed by atoms with van der Waals surface area (Å²) in [5.41, 5.74) is 5.78. The fourth-order valence-electron chi connectivity index (χ4n) is 5.04. The van der Waals surface area contributed by atoms with Crippen molar-refractivity contribution in [1.29, 1.82) is 0 Å². The minimum absolute atomic E-state index is 0.00587. The van der Waals surface area contributed by atoms with E-state index < -0.39 is 5.92 Å². The second kappa shape index (κ2) is 9.75. The van der Waals surface area contributed by atoms with Gasteiger partial charge in [-0.05, 0) is 56.4 Å². The maximum atomic E-state index is 13.7. The summed E-state index contributed by atoms with van der Waals surface area (Å²) in [4.78, 5) is 26.7. The summed E-state index contributed by atoms with van der Waals surface area (Å²) in [5, 5.41) is 3.38. The normalized spacial score (nSPS) is 20.0. The van der Waals surface area contributed by atoms with Gasteiger partial charge in [0, 0.05) is 29.3 Å². The molecule has 0 fully saturated rings. The van der Waals surface area contributed by atoms with Crippen LogP contribution in [0.4, 0.5) is 0 Å². The van der Waals surface area contributed by atoms with E-state index in [9.17, 15) is 9.59 Å². The van der Waals surface area contributed by atoms with E-state index in [4.69, 9.17) is 14.2 Å². The number of aryl methyl sites for hydroxylation is 1. The first-order valence-electron chi connectivity index (χ1n) is 11.6. The van der Waals surface area contributed by atoms with Crippen LogP contribution in [0, 0.1) is 6.92 Å². The van der Waals surface area contributed by atoms with Crippen molar-refractivity contribution in [3.05, 3.63) is 81.7 Å². The minimum Gasteiger partial charge on any atom is -0.493 e. The lowest BCUT2D eigenvalue weighted by Gasteiger charge is -2.36. The number of esters is 1. The van der Waals surface area contributed by atoms with Crippen LogP contribution in [0.15, 0.2) is 65.0 Å². The largest absolute Gasteiger partial charge is 0.493 e. The van der Waals surface area contributed by atoms with Gasteiger partial charge >= 0.3 is 5.97 Å². The zero-order chi connectivity index (χ0) is 24.4. The number of benzene rings is 2. The van der Waals surface area contributed by atoms with Crippen molar-refractivity contribution in [3.8, 4) is 11.5 Å². The van der Waals surface area contributed by atoms with Gasteiger partial charge in [-0.15, -0.1) is 0 Å². The Morgan fingerprint density at radius 3 is 2.44 bits per heavy atom. The summed E-state index contributed by atoms with van der Waals surface area (Å²) >= 11 is 0. The molecule has 4 rings (SSSR count). The Bertz CT molecular complexity index is 1190. The fraction of sp³-hybridized carbons (Fsp3) is 0.357. The van der Waals surface area contributed by atoms with Gasteiger partial charge in [-0.3, -0.25) is 4.79 Å². The molecule has 1 aliphatic heterocycles. The summed E-state index contributed by atoms with van der Waals surface area (Å²) in [6, 6.07) is 13.8. The number of allylic oxidation sites excluding steroid dienone is 3. The zero-order valence-corrected chi connectivity index (χ0v) is 20.4. The third-order valence-corrected chi connectivity index (χ3v) is 6.58. The summed E-state index contributed by atoms with van der Waals surface area (Å²) in [6.45, 7) is 5.95. The predicted molar refractivity (Wildman–Crippen MR) is 130 cm³/mol. The topological polar surface area (TPSA) is 73.9 Å². The molecular formula is C28H31NO5. The lowest BCUT2D eigenvalue weighted by molar-refractivity contribution is -0.138. The molecular weight excluding hydrogens is 430 g/mol. The van der Waals surface area contributed by atoms with Crippen LogP contribution >= 0.6 is 0 Å². The number of rotatable bonds is 6. The van der Waals surface area contributed by atoms with Crippen LogP contribution in [0.2, 0.25) is 0 Å². The van der Waals surface area contributed by atoms with Gasteiger partial charge in [0.2, 0.25) is 0 Å². The van der Waals surface area contributed by atoms with Crippen molar-refractivity contribution in [1.82, 2.24) is 5.32 Å². The molecule has 0 saturated carbocycles. The second-order valence-electron chi connectivity index (χ2n) is 8.77. The lowest BCUT2D eigenvalue weighted by Crippen LogP contribution is -2.36. The van der Waals surface area contributed by atoms with Crippen LogP contribution in [0.25, 0.3) is 0 Å². The van der Waals surface area contributed by atoms with Crippen LogP contribution in [-0.2, 0) is 14.3 Å². The molecule has 34 heavy (non-hydrogen) atoms. The molecule has 1 N–H and O–H groups in total. The van der Waals surface area contributed by atoms with Gasteiger partial charge in [0.15, 0.2) is 17.3 Å². The van der Waals surface area contributed by atoms with Crippen LogP contribution < -0.4 is 14.8 Å². The van der Waals surface area contributed by atoms with Crippen molar-refractivity contribution >= 4 is 11.8 Å². The third-order valence-electron chi connectivity index (χ3n) is 6.58. The molecule has 0 aromatic heterocycles. The quantitative estimate of drug-likeness (QED) is 0.615. The van der Waals surface area contributed by atoms with Crippen LogP contribution in [0.5, 0.6) is 11.5 Å². The van der Waals surface area contributed by atoms with E-state index >= 15 is 0 Å². The second-order valence-corrected chi connectivity index (χ2v) is 8.77. The van der Waals surface area contributed by atoms with Crippen LogP contribution in [-0.4, -0.2) is 32.6 Å². The highest BCUT2D eigenvalue weighted by atomic mass is 16.5. The van der Waals surface area contributed by atoms with E-state index in [-0.39, 0.29) is 24.3 Å². The number of carbonyl (C=O) groups is 2. The highest BCUT2D eigenvalue weighted by Crippen LogP contribution is 2.46. The highest BCUT2D eigenvalue weighted by molar-refractivity contribution is 6.04. The molecule has 1 heterocycles. The van der Waals surface area contributed by atoms with Gasteiger partial charge in [0.25, 0.3) is 0 Å². The molecule has 2 aromatic carbocycles. The third kappa shape index (κ3) is 4.32. The first kappa shape index (κ1) is 23.6. The number of hydrogen-bond acceptors (Lipinski definition) is 6. The standard InChI is InChI=1S/C28H31NO5/c1-6-34-28(31)25-17(3)29-21-13-20(18-10-11-23(32-4)24(15-18)33-5)14-22(30)27(21)26(25)19-9-7-8-16(2)12-19/h7-12,15,20,26,29H,6,13-14H2,1-5H3/t20-,26-/m0/s1. The van der Waals surface area contributed by atoms with Crippen molar-refractivity contribution in [2.24, 2.45) is 0 Å². The van der Waals surface area contributed by atoms with Crippen LogP contribution in [0.3, 0.4) is 0 Å². The number of ether oxygens (including phenoxy) is 3. The Morgan fingerprint density at radius 2 is 1.76 bits per heavy atom. The maximum Gasteiger partial charge on any atom is 0.336 e. The van der Waals surface area contributed by atoms with Gasteiger partial charge in [0.1, 0.15) is 0 Å². The van der Waals surface area contributed by atoms with Gasteiger partial charge in [-0.2, -0.15) is 0 Å². The Balaban J connectivity index is 1.78. The van der Waals surface area contributed by atoms with E-state index in [2.05, 4.69) is 5.32 Å². The molecule has 0 spiro atoms. The molecule has 2 atom stereocenters. The highest BCUT2D eigenvalue weighted by Gasteiger charge is 2.41. The van der Waals surface area contributed by atoms with E-state index in [0.29, 0.717) is 35.5 Å². The molecule has 178 valence electrons. The number of dihydropyridines is 1. The number of hydrogen-bond donors (Lipinski definition) is 1. The summed E-state index contributed by atoms with van der Waals surface area (Å²) < 4.78 is 16.2. The fourth-order valence-corrected chi connectivity index (χ4v) is 5.04. The van der Waals surface area contributed by atoms with E-state index in [1.807, 2.05) is 56.3 Å². The smallest absolute Gasteiger partial charge is 0.336 e. The van der Waals surface area contributed by atoms with Gasteiger partial charge in [-0.25, -0.2) is 4.79 Å². The Kier molecular flexibility index (Phi) is 6.77. The molecule has 2 aliphatic rings. The number of Topliss-reactive ketones (excluding diaryl/α,β-unsaturated/α-hetero) is 1. The molecule has 0 amide bonds. The monoisotopic (exact) mass is 461 g/mol. The Hall–Kier alpha value is -3.54. The summed E-state index contributed by atoms with van der Waals surface area (Å²) in [6.07, 6.45) is 1.01. The number of carbonyl (C=O) groups excluding carboxylic acids is 2. The SMILES string of the molecule is CCOC(=O)C1=C(C)NC2=C(C(=O)C[C@@H](c3ccc(OC)c(OC)c3)C2)[C@H]1c1cccc(C)c1.